The first-order valence-electron chi connectivity index (χ1n) is 7.16. The largest absolute Gasteiger partial charge is 0.491 e. The van der Waals surface area contributed by atoms with Gasteiger partial charge in [-0.1, -0.05) is 41.4 Å². The molecule has 0 aliphatic rings. The Bertz CT molecular complexity index is 588. The molecular formula is C17H19Cl2NO2. The fourth-order valence-corrected chi connectivity index (χ4v) is 2.55. The third-order valence-corrected chi connectivity index (χ3v) is 3.79. The van der Waals surface area contributed by atoms with E-state index in [0.29, 0.717) is 16.7 Å². The minimum Gasteiger partial charge on any atom is -0.491 e. The van der Waals surface area contributed by atoms with E-state index in [0.717, 1.165) is 30.8 Å². The van der Waals surface area contributed by atoms with Gasteiger partial charge in [0.1, 0.15) is 12.4 Å². The van der Waals surface area contributed by atoms with E-state index in [4.69, 9.17) is 33.0 Å². The molecule has 0 radical (unpaired) electrons. The van der Waals surface area contributed by atoms with Crippen LogP contribution in [0.5, 0.6) is 5.75 Å². The highest BCUT2D eigenvalue weighted by Crippen LogP contribution is 2.21. The molecule has 0 amide bonds. The van der Waals surface area contributed by atoms with Gasteiger partial charge in [0.25, 0.3) is 0 Å². The second-order valence-corrected chi connectivity index (χ2v) is 5.72. The van der Waals surface area contributed by atoms with Crippen molar-refractivity contribution in [3.05, 3.63) is 63.6 Å². The molecule has 2 aromatic carbocycles. The predicted octanol–water partition coefficient (Wildman–Crippen LogP) is 3.70. The smallest absolute Gasteiger partial charge is 0.119 e. The van der Waals surface area contributed by atoms with Gasteiger partial charge < -0.3 is 15.2 Å². The number of benzene rings is 2. The molecule has 0 bridgehead atoms. The van der Waals surface area contributed by atoms with Crippen LogP contribution in [-0.2, 0) is 13.0 Å². The van der Waals surface area contributed by atoms with E-state index >= 15 is 0 Å². The summed E-state index contributed by atoms with van der Waals surface area (Å²) in [5.74, 6) is 0.769. The topological polar surface area (TPSA) is 41.5 Å². The minimum atomic E-state index is 0.0244. The predicted molar refractivity (Wildman–Crippen MR) is 90.9 cm³/mol. The molecule has 0 heterocycles. The molecule has 0 saturated carbocycles. The van der Waals surface area contributed by atoms with Crippen LogP contribution in [0.3, 0.4) is 0 Å². The summed E-state index contributed by atoms with van der Waals surface area (Å²) in [6.07, 6.45) is 0.855. The van der Waals surface area contributed by atoms with Crippen molar-refractivity contribution in [3.8, 4) is 5.75 Å². The molecule has 0 atom stereocenters. The lowest BCUT2D eigenvalue weighted by molar-refractivity contribution is 0.201. The number of nitrogens with one attached hydrogen (secondary N) is 1. The van der Waals surface area contributed by atoms with E-state index in [1.54, 1.807) is 6.07 Å². The van der Waals surface area contributed by atoms with Gasteiger partial charge in [0.2, 0.25) is 0 Å². The third kappa shape index (κ3) is 5.50. The average Bonchev–Trinajstić information content (AvgIpc) is 2.52. The first kappa shape index (κ1) is 17.1. The number of aliphatic hydroxyl groups excluding tert-OH is 1. The first-order chi connectivity index (χ1) is 10.7. The van der Waals surface area contributed by atoms with Crippen molar-refractivity contribution in [2.45, 2.75) is 13.0 Å². The SMILES string of the molecule is OCCOc1ccc(CNCCc2ccc(Cl)cc2Cl)cc1. The number of hydrogen-bond acceptors (Lipinski definition) is 3. The maximum Gasteiger partial charge on any atom is 0.119 e. The van der Waals surface area contributed by atoms with Gasteiger partial charge in [-0.05, 0) is 48.4 Å². The van der Waals surface area contributed by atoms with Gasteiger partial charge in [0, 0.05) is 16.6 Å². The molecule has 2 aromatic rings. The highest BCUT2D eigenvalue weighted by molar-refractivity contribution is 6.35. The molecule has 0 aromatic heterocycles. The van der Waals surface area contributed by atoms with Gasteiger partial charge in [0.15, 0.2) is 0 Å². The monoisotopic (exact) mass is 339 g/mol. The van der Waals surface area contributed by atoms with E-state index in [-0.39, 0.29) is 6.61 Å². The Hall–Kier alpha value is -1.26. The van der Waals surface area contributed by atoms with Crippen molar-refractivity contribution in [2.75, 3.05) is 19.8 Å². The maximum atomic E-state index is 8.70. The lowest BCUT2D eigenvalue weighted by Crippen LogP contribution is -2.16. The second-order valence-electron chi connectivity index (χ2n) is 4.88. The van der Waals surface area contributed by atoms with Gasteiger partial charge in [-0.2, -0.15) is 0 Å². The molecule has 0 saturated heterocycles. The summed E-state index contributed by atoms with van der Waals surface area (Å²) in [7, 11) is 0. The van der Waals surface area contributed by atoms with Gasteiger partial charge in [0.05, 0.1) is 6.61 Å². The van der Waals surface area contributed by atoms with Crippen LogP contribution in [-0.4, -0.2) is 24.9 Å². The fraction of sp³-hybridized carbons (Fsp3) is 0.294. The van der Waals surface area contributed by atoms with Crippen molar-refractivity contribution in [1.82, 2.24) is 5.32 Å². The van der Waals surface area contributed by atoms with Crippen LogP contribution < -0.4 is 10.1 Å². The van der Waals surface area contributed by atoms with Gasteiger partial charge >= 0.3 is 0 Å². The average molecular weight is 340 g/mol. The molecule has 2 rings (SSSR count). The van der Waals surface area contributed by atoms with Crippen molar-refractivity contribution in [3.63, 3.8) is 0 Å². The highest BCUT2D eigenvalue weighted by Gasteiger charge is 2.01. The quantitative estimate of drug-likeness (QED) is 0.720. The second kappa shape index (κ2) is 9.01. The summed E-state index contributed by atoms with van der Waals surface area (Å²) in [5, 5.41) is 13.5. The van der Waals surface area contributed by atoms with E-state index in [1.165, 1.54) is 5.56 Å². The number of aliphatic hydroxyl groups is 1. The minimum absolute atomic E-state index is 0.0244. The summed E-state index contributed by atoms with van der Waals surface area (Å²) < 4.78 is 5.32. The van der Waals surface area contributed by atoms with Crippen molar-refractivity contribution in [2.24, 2.45) is 0 Å². The number of rotatable bonds is 8. The van der Waals surface area contributed by atoms with E-state index in [1.807, 2.05) is 36.4 Å². The Morgan fingerprint density at radius 1 is 1.05 bits per heavy atom. The van der Waals surface area contributed by atoms with Crippen LogP contribution in [0.2, 0.25) is 10.0 Å². The number of halogens is 2. The lowest BCUT2D eigenvalue weighted by atomic mass is 10.1. The standard InChI is InChI=1S/C17H19Cl2NO2/c18-15-4-3-14(17(19)11-15)7-8-20-12-13-1-5-16(6-2-13)22-10-9-21/h1-6,11,20-21H,7-10,12H2. The molecule has 3 nitrogen and oxygen atoms in total. The third-order valence-electron chi connectivity index (χ3n) is 3.20. The van der Waals surface area contributed by atoms with Crippen molar-refractivity contribution in [1.29, 1.82) is 0 Å². The Balaban J connectivity index is 1.74. The summed E-state index contributed by atoms with van der Waals surface area (Å²) in [5.41, 5.74) is 2.27. The Morgan fingerprint density at radius 3 is 2.50 bits per heavy atom. The zero-order chi connectivity index (χ0) is 15.8. The molecule has 0 unspecified atom stereocenters. The molecule has 0 fully saturated rings. The highest BCUT2D eigenvalue weighted by atomic mass is 35.5. The van der Waals surface area contributed by atoms with Crippen LogP contribution in [0.4, 0.5) is 0 Å². The lowest BCUT2D eigenvalue weighted by Gasteiger charge is -2.08. The molecular weight excluding hydrogens is 321 g/mol. The Kier molecular flexibility index (Phi) is 7.00. The molecule has 0 aliphatic carbocycles. The molecule has 0 aliphatic heterocycles. The summed E-state index contributed by atoms with van der Waals surface area (Å²) in [4.78, 5) is 0. The molecule has 5 heteroatoms. The van der Waals surface area contributed by atoms with Crippen LogP contribution in [0.25, 0.3) is 0 Å². The summed E-state index contributed by atoms with van der Waals surface area (Å²) >= 11 is 12.0. The van der Waals surface area contributed by atoms with Crippen LogP contribution >= 0.6 is 23.2 Å². The van der Waals surface area contributed by atoms with Crippen molar-refractivity contribution < 1.29 is 9.84 Å². The number of ether oxygens (including phenoxy) is 1. The van der Waals surface area contributed by atoms with E-state index in [9.17, 15) is 0 Å². The van der Waals surface area contributed by atoms with E-state index < -0.39 is 0 Å². The maximum absolute atomic E-state index is 8.70. The van der Waals surface area contributed by atoms with Gasteiger partial charge in [-0.15, -0.1) is 0 Å². The summed E-state index contributed by atoms with van der Waals surface area (Å²) in [6, 6.07) is 13.4. The van der Waals surface area contributed by atoms with Crippen LogP contribution in [0, 0.1) is 0 Å². The van der Waals surface area contributed by atoms with E-state index in [2.05, 4.69) is 5.32 Å². The fourth-order valence-electron chi connectivity index (χ4n) is 2.05. The Morgan fingerprint density at radius 2 is 1.82 bits per heavy atom. The zero-order valence-electron chi connectivity index (χ0n) is 12.2. The van der Waals surface area contributed by atoms with Crippen molar-refractivity contribution >= 4 is 23.2 Å². The van der Waals surface area contributed by atoms with Crippen LogP contribution in [0.15, 0.2) is 42.5 Å². The first-order valence-corrected chi connectivity index (χ1v) is 7.92. The molecule has 2 N–H and O–H groups in total. The van der Waals surface area contributed by atoms with Gasteiger partial charge in [-0.3, -0.25) is 0 Å². The summed E-state index contributed by atoms with van der Waals surface area (Å²) in [6.45, 7) is 1.96. The zero-order valence-corrected chi connectivity index (χ0v) is 13.7. The molecule has 118 valence electrons. The molecule has 0 spiro atoms. The normalized spacial score (nSPS) is 10.7. The van der Waals surface area contributed by atoms with Gasteiger partial charge in [-0.25, -0.2) is 0 Å². The molecule has 22 heavy (non-hydrogen) atoms. The number of hydrogen-bond donors (Lipinski definition) is 2. The Labute approximate surface area is 140 Å². The van der Waals surface area contributed by atoms with Crippen LogP contribution in [0.1, 0.15) is 11.1 Å².